The van der Waals surface area contributed by atoms with Gasteiger partial charge >= 0.3 is 0 Å². The molecule has 0 bridgehead atoms. The lowest BCUT2D eigenvalue weighted by atomic mass is 9.75. The summed E-state index contributed by atoms with van der Waals surface area (Å²) in [6.07, 6.45) is 5.03. The molecule has 0 spiro atoms. The van der Waals surface area contributed by atoms with Gasteiger partial charge in [-0.05, 0) is 36.8 Å². The van der Waals surface area contributed by atoms with Crippen molar-refractivity contribution in [3.8, 4) is 0 Å². The first-order valence-electron chi connectivity index (χ1n) is 6.83. The molecule has 1 atom stereocenters. The number of fused-ring (bicyclic) bond motifs is 1. The summed E-state index contributed by atoms with van der Waals surface area (Å²) < 4.78 is 1.20. The van der Waals surface area contributed by atoms with Crippen LogP contribution in [0.2, 0.25) is 5.02 Å². The van der Waals surface area contributed by atoms with E-state index in [1.807, 2.05) is 17.6 Å². The quantitative estimate of drug-likeness (QED) is 0.809. The third kappa shape index (κ3) is 2.72. The van der Waals surface area contributed by atoms with Crippen LogP contribution in [0.25, 0.3) is 10.2 Å². The molecule has 2 aromatic rings. The van der Waals surface area contributed by atoms with Gasteiger partial charge in [-0.25, -0.2) is 4.98 Å². The number of hydrogen-bond donors (Lipinski definition) is 1. The van der Waals surface area contributed by atoms with Gasteiger partial charge in [-0.1, -0.05) is 31.9 Å². The van der Waals surface area contributed by atoms with Crippen molar-refractivity contribution >= 4 is 38.8 Å². The molecule has 0 saturated heterocycles. The van der Waals surface area contributed by atoms with Gasteiger partial charge in [0, 0.05) is 6.04 Å². The summed E-state index contributed by atoms with van der Waals surface area (Å²) in [6.45, 7) is 4.71. The number of hydrogen-bond acceptors (Lipinski definition) is 3. The molecule has 1 aliphatic rings. The normalized spacial score (nSPS) is 22.6. The molecular formula is C15H19ClN2S. The molecule has 0 aliphatic heterocycles. The summed E-state index contributed by atoms with van der Waals surface area (Å²) in [6, 6.07) is 4.53. The Morgan fingerprint density at radius 1 is 1.42 bits per heavy atom. The second-order valence-corrected chi connectivity index (χ2v) is 7.52. The minimum absolute atomic E-state index is 0.429. The number of nitrogens with one attached hydrogen (secondary N) is 1. The first-order valence-corrected chi connectivity index (χ1v) is 8.09. The smallest absolute Gasteiger partial charge is 0.106 e. The van der Waals surface area contributed by atoms with Crippen molar-refractivity contribution in [2.75, 3.05) is 5.32 Å². The van der Waals surface area contributed by atoms with Crippen LogP contribution < -0.4 is 5.32 Å². The number of anilines is 1. The Hall–Kier alpha value is -0.800. The molecule has 102 valence electrons. The third-order valence-electron chi connectivity index (χ3n) is 4.01. The van der Waals surface area contributed by atoms with Crippen LogP contribution >= 0.6 is 22.9 Å². The van der Waals surface area contributed by atoms with Crippen molar-refractivity contribution in [3.63, 3.8) is 0 Å². The number of aromatic nitrogens is 1. The molecule has 0 amide bonds. The van der Waals surface area contributed by atoms with Gasteiger partial charge in [0.05, 0.1) is 20.9 Å². The summed E-state index contributed by atoms with van der Waals surface area (Å²) in [5, 5.41) is 4.43. The molecule has 1 aliphatic carbocycles. The SMILES string of the molecule is CC1(C)CCCC(Nc2c(Cl)ccc3scnc23)C1. The van der Waals surface area contributed by atoms with E-state index in [4.69, 9.17) is 11.6 Å². The lowest BCUT2D eigenvalue weighted by Crippen LogP contribution is -2.31. The average Bonchev–Trinajstić information content (AvgIpc) is 2.80. The standard InChI is InChI=1S/C15H19ClN2S/c1-15(2)7-3-4-10(8-15)18-13-11(16)5-6-12-14(13)17-9-19-12/h5-6,9-10,18H,3-4,7-8H2,1-2H3. The van der Waals surface area contributed by atoms with Crippen molar-refractivity contribution in [1.29, 1.82) is 0 Å². The van der Waals surface area contributed by atoms with Gasteiger partial charge in [0.15, 0.2) is 0 Å². The molecule has 0 radical (unpaired) electrons. The molecule has 4 heteroatoms. The average molecular weight is 295 g/mol. The van der Waals surface area contributed by atoms with Gasteiger partial charge in [-0.15, -0.1) is 11.3 Å². The van der Waals surface area contributed by atoms with Crippen LogP contribution in [0.4, 0.5) is 5.69 Å². The van der Waals surface area contributed by atoms with E-state index in [-0.39, 0.29) is 0 Å². The molecule has 1 saturated carbocycles. The van der Waals surface area contributed by atoms with Crippen LogP contribution in [0.5, 0.6) is 0 Å². The van der Waals surface area contributed by atoms with Crippen LogP contribution in [0.1, 0.15) is 39.5 Å². The Kier molecular flexibility index (Phi) is 3.44. The maximum atomic E-state index is 6.35. The minimum Gasteiger partial charge on any atom is -0.379 e. The predicted molar refractivity (Wildman–Crippen MR) is 84.3 cm³/mol. The van der Waals surface area contributed by atoms with E-state index in [0.717, 1.165) is 16.2 Å². The lowest BCUT2D eigenvalue weighted by molar-refractivity contribution is 0.229. The molecule has 19 heavy (non-hydrogen) atoms. The zero-order valence-electron chi connectivity index (χ0n) is 11.4. The molecule has 1 aromatic heterocycles. The van der Waals surface area contributed by atoms with E-state index >= 15 is 0 Å². The van der Waals surface area contributed by atoms with Gasteiger partial charge in [0.25, 0.3) is 0 Å². The number of nitrogens with zero attached hydrogens (tertiary/aromatic N) is 1. The summed E-state index contributed by atoms with van der Waals surface area (Å²) >= 11 is 8.01. The minimum atomic E-state index is 0.429. The lowest BCUT2D eigenvalue weighted by Gasteiger charge is -2.36. The maximum Gasteiger partial charge on any atom is 0.106 e. The largest absolute Gasteiger partial charge is 0.379 e. The molecule has 1 aromatic carbocycles. The highest BCUT2D eigenvalue weighted by Gasteiger charge is 2.28. The highest BCUT2D eigenvalue weighted by molar-refractivity contribution is 7.16. The van der Waals surface area contributed by atoms with Gasteiger partial charge in [-0.3, -0.25) is 0 Å². The van der Waals surface area contributed by atoms with Crippen LogP contribution in [0.15, 0.2) is 17.6 Å². The first-order chi connectivity index (χ1) is 9.05. The van der Waals surface area contributed by atoms with E-state index in [1.54, 1.807) is 11.3 Å². The molecule has 1 N–H and O–H groups in total. The van der Waals surface area contributed by atoms with Gasteiger partial charge in [0.2, 0.25) is 0 Å². The molecule has 1 heterocycles. The van der Waals surface area contributed by atoms with Crippen molar-refractivity contribution in [2.24, 2.45) is 5.41 Å². The van der Waals surface area contributed by atoms with Crippen molar-refractivity contribution in [3.05, 3.63) is 22.7 Å². The van der Waals surface area contributed by atoms with Gasteiger partial charge < -0.3 is 5.32 Å². The Balaban J connectivity index is 1.88. The fraction of sp³-hybridized carbons (Fsp3) is 0.533. The van der Waals surface area contributed by atoms with E-state index in [0.29, 0.717) is 11.5 Å². The highest BCUT2D eigenvalue weighted by Crippen LogP contribution is 2.39. The number of thiazole rings is 1. The zero-order valence-corrected chi connectivity index (χ0v) is 12.9. The van der Waals surface area contributed by atoms with Gasteiger partial charge in [0.1, 0.15) is 5.52 Å². The van der Waals surface area contributed by atoms with Crippen LogP contribution in [0.3, 0.4) is 0 Å². The summed E-state index contributed by atoms with van der Waals surface area (Å²) in [5.74, 6) is 0. The molecule has 3 rings (SSSR count). The van der Waals surface area contributed by atoms with E-state index in [1.165, 1.54) is 30.4 Å². The number of halogens is 1. The Morgan fingerprint density at radius 3 is 3.05 bits per heavy atom. The van der Waals surface area contributed by atoms with E-state index in [2.05, 4.69) is 24.1 Å². The fourth-order valence-corrected chi connectivity index (χ4v) is 3.96. The van der Waals surface area contributed by atoms with E-state index in [9.17, 15) is 0 Å². The van der Waals surface area contributed by atoms with Crippen LogP contribution in [0, 0.1) is 5.41 Å². The topological polar surface area (TPSA) is 24.9 Å². The first kappa shape index (κ1) is 13.2. The van der Waals surface area contributed by atoms with Crippen molar-refractivity contribution < 1.29 is 0 Å². The Morgan fingerprint density at radius 2 is 2.26 bits per heavy atom. The maximum absolute atomic E-state index is 6.35. The number of rotatable bonds is 2. The predicted octanol–water partition coefficient (Wildman–Crippen LogP) is 5.33. The second-order valence-electron chi connectivity index (χ2n) is 6.22. The summed E-state index contributed by atoms with van der Waals surface area (Å²) in [4.78, 5) is 4.45. The van der Waals surface area contributed by atoms with Crippen molar-refractivity contribution in [2.45, 2.75) is 45.6 Å². The van der Waals surface area contributed by atoms with Crippen LogP contribution in [-0.2, 0) is 0 Å². The molecule has 1 fully saturated rings. The zero-order chi connectivity index (χ0) is 13.5. The summed E-state index contributed by atoms with van der Waals surface area (Å²) in [7, 11) is 0. The van der Waals surface area contributed by atoms with Crippen LogP contribution in [-0.4, -0.2) is 11.0 Å². The Bertz CT molecular complexity index is 591. The van der Waals surface area contributed by atoms with Gasteiger partial charge in [-0.2, -0.15) is 0 Å². The Labute approximate surface area is 123 Å². The third-order valence-corrected chi connectivity index (χ3v) is 5.11. The molecule has 1 unspecified atom stereocenters. The highest BCUT2D eigenvalue weighted by atomic mass is 35.5. The van der Waals surface area contributed by atoms with E-state index < -0.39 is 0 Å². The number of benzene rings is 1. The molecule has 2 nitrogen and oxygen atoms in total. The summed E-state index contributed by atoms with van der Waals surface area (Å²) in [5.41, 5.74) is 4.35. The van der Waals surface area contributed by atoms with Crippen molar-refractivity contribution in [1.82, 2.24) is 4.98 Å². The molecular weight excluding hydrogens is 276 g/mol. The fourth-order valence-electron chi connectivity index (χ4n) is 3.07. The monoisotopic (exact) mass is 294 g/mol. The second kappa shape index (κ2) is 4.95.